The Morgan fingerprint density at radius 1 is 1.00 bits per heavy atom. The molecule has 0 unspecified atom stereocenters. The number of ether oxygens (including phenoxy) is 1. The highest BCUT2D eigenvalue weighted by atomic mass is 32.1. The number of aromatic nitrogens is 1. The number of thiazole rings is 1. The fraction of sp³-hybridized carbons (Fsp3) is 0.0909. The molecule has 1 amide bonds. The van der Waals surface area contributed by atoms with Crippen LogP contribution < -0.4 is 10.1 Å². The summed E-state index contributed by atoms with van der Waals surface area (Å²) in [7, 11) is 0. The van der Waals surface area contributed by atoms with Gasteiger partial charge in [0.05, 0.1) is 10.6 Å². The number of carbonyl (C=O) groups excluding carboxylic acids is 1. The molecule has 0 bridgehead atoms. The number of para-hydroxylation sites is 1. The molecule has 0 aliphatic rings. The van der Waals surface area contributed by atoms with Crippen molar-refractivity contribution < 1.29 is 9.53 Å². The Labute approximate surface area is 171 Å². The zero-order chi connectivity index (χ0) is 19.3. The Bertz CT molecular complexity index is 1070. The smallest absolute Gasteiger partial charge is 0.264 e. The Morgan fingerprint density at radius 3 is 2.54 bits per heavy atom. The van der Waals surface area contributed by atoms with Crippen LogP contribution in [0.5, 0.6) is 5.75 Å². The van der Waals surface area contributed by atoms with Crippen molar-refractivity contribution >= 4 is 33.7 Å². The van der Waals surface area contributed by atoms with Gasteiger partial charge >= 0.3 is 0 Å². The first kappa shape index (κ1) is 18.4. The van der Waals surface area contributed by atoms with Crippen molar-refractivity contribution in [1.29, 1.82) is 0 Å². The van der Waals surface area contributed by atoms with Crippen molar-refractivity contribution in [1.82, 2.24) is 4.98 Å². The van der Waals surface area contributed by atoms with Crippen LogP contribution >= 0.6 is 22.7 Å². The number of rotatable bonds is 6. The van der Waals surface area contributed by atoms with Gasteiger partial charge in [-0.25, -0.2) is 4.98 Å². The van der Waals surface area contributed by atoms with Gasteiger partial charge in [-0.2, -0.15) is 0 Å². The van der Waals surface area contributed by atoms with Gasteiger partial charge in [0.2, 0.25) is 0 Å². The molecule has 2 aromatic heterocycles. The number of hydrogen-bond donors (Lipinski definition) is 1. The minimum Gasteiger partial charge on any atom is -0.484 e. The molecule has 2 aromatic carbocycles. The summed E-state index contributed by atoms with van der Waals surface area (Å²) in [6.45, 7) is 2.04. The van der Waals surface area contributed by atoms with Crippen molar-refractivity contribution in [2.24, 2.45) is 0 Å². The van der Waals surface area contributed by atoms with Crippen molar-refractivity contribution in [2.45, 2.75) is 6.92 Å². The number of aryl methyl sites for hydroxylation is 1. The number of nitrogens with one attached hydrogen (secondary N) is 1. The molecule has 0 atom stereocenters. The molecule has 140 valence electrons. The van der Waals surface area contributed by atoms with E-state index in [1.165, 1.54) is 27.3 Å². The Morgan fingerprint density at radius 2 is 1.75 bits per heavy atom. The first-order chi connectivity index (χ1) is 13.7. The molecule has 0 radical (unpaired) electrons. The average molecular weight is 407 g/mol. The molecule has 0 fully saturated rings. The molecule has 0 saturated heterocycles. The minimum absolute atomic E-state index is 0.0461. The second-order valence-electron chi connectivity index (χ2n) is 6.22. The van der Waals surface area contributed by atoms with Crippen LogP contribution in [-0.2, 0) is 4.79 Å². The summed E-state index contributed by atoms with van der Waals surface area (Å²) in [5.74, 6) is 0.441. The fourth-order valence-corrected chi connectivity index (χ4v) is 4.39. The van der Waals surface area contributed by atoms with Crippen molar-refractivity contribution in [2.75, 3.05) is 11.9 Å². The van der Waals surface area contributed by atoms with Crippen molar-refractivity contribution in [3.63, 3.8) is 0 Å². The van der Waals surface area contributed by atoms with E-state index in [1.807, 2.05) is 35.7 Å². The van der Waals surface area contributed by atoms with Crippen LogP contribution in [0.25, 0.3) is 21.0 Å². The van der Waals surface area contributed by atoms with Gasteiger partial charge in [-0.05, 0) is 36.8 Å². The Hall–Kier alpha value is -2.96. The summed E-state index contributed by atoms with van der Waals surface area (Å²) in [5.41, 5.74) is 3.31. The summed E-state index contributed by atoms with van der Waals surface area (Å²) in [4.78, 5) is 18.9. The summed E-state index contributed by atoms with van der Waals surface area (Å²) < 4.78 is 5.46. The average Bonchev–Trinajstić information content (AvgIpc) is 3.37. The number of benzene rings is 2. The highest BCUT2D eigenvalue weighted by Crippen LogP contribution is 2.35. The number of thiophene rings is 1. The van der Waals surface area contributed by atoms with E-state index in [4.69, 9.17) is 4.74 Å². The second-order valence-corrected chi connectivity index (χ2v) is 8.16. The Kier molecular flexibility index (Phi) is 5.50. The van der Waals surface area contributed by atoms with Gasteiger partial charge in [0.15, 0.2) is 11.7 Å². The van der Waals surface area contributed by atoms with Gasteiger partial charge in [-0.1, -0.05) is 48.0 Å². The summed E-state index contributed by atoms with van der Waals surface area (Å²) in [6, 6.07) is 21.9. The van der Waals surface area contributed by atoms with Gasteiger partial charge in [-0.3, -0.25) is 10.1 Å². The first-order valence-corrected chi connectivity index (χ1v) is 10.5. The highest BCUT2D eigenvalue weighted by Gasteiger charge is 2.11. The maximum Gasteiger partial charge on any atom is 0.264 e. The zero-order valence-corrected chi connectivity index (χ0v) is 16.8. The van der Waals surface area contributed by atoms with Crippen LogP contribution in [-0.4, -0.2) is 17.5 Å². The van der Waals surface area contributed by atoms with Gasteiger partial charge in [0.1, 0.15) is 5.75 Å². The van der Waals surface area contributed by atoms with E-state index in [9.17, 15) is 4.79 Å². The van der Waals surface area contributed by atoms with E-state index in [-0.39, 0.29) is 12.5 Å². The monoisotopic (exact) mass is 406 g/mol. The third-order valence-corrected chi connectivity index (χ3v) is 5.97. The minimum atomic E-state index is -0.226. The maximum absolute atomic E-state index is 12.1. The molecule has 4 nitrogen and oxygen atoms in total. The van der Waals surface area contributed by atoms with Crippen molar-refractivity contribution in [3.05, 3.63) is 77.7 Å². The van der Waals surface area contributed by atoms with E-state index in [0.717, 1.165) is 10.6 Å². The standard InChI is InChI=1S/C22H18N2O2S2/c1-15-7-9-16(10-8-15)19-11-12-20(28-19)18-14-27-22(23-18)24-21(25)13-26-17-5-3-2-4-6-17/h2-12,14H,13H2,1H3,(H,23,24,25). The van der Waals surface area contributed by atoms with E-state index in [2.05, 4.69) is 53.6 Å². The number of amides is 1. The molecule has 4 rings (SSSR count). The lowest BCUT2D eigenvalue weighted by atomic mass is 10.1. The number of hydrogen-bond acceptors (Lipinski definition) is 5. The predicted molar refractivity (Wildman–Crippen MR) is 116 cm³/mol. The normalized spacial score (nSPS) is 10.6. The lowest BCUT2D eigenvalue weighted by molar-refractivity contribution is -0.118. The number of nitrogens with zero attached hydrogens (tertiary/aromatic N) is 1. The third-order valence-electron chi connectivity index (χ3n) is 4.06. The van der Waals surface area contributed by atoms with Crippen LogP contribution in [0, 0.1) is 6.92 Å². The van der Waals surface area contributed by atoms with Gasteiger partial charge < -0.3 is 4.74 Å². The molecule has 0 spiro atoms. The maximum atomic E-state index is 12.1. The zero-order valence-electron chi connectivity index (χ0n) is 15.2. The molecule has 2 heterocycles. The predicted octanol–water partition coefficient (Wildman–Crippen LogP) is 5.86. The molecular formula is C22H18N2O2S2. The molecule has 0 aliphatic heterocycles. The molecule has 4 aromatic rings. The van der Waals surface area contributed by atoms with Gasteiger partial charge in [0, 0.05) is 10.3 Å². The van der Waals surface area contributed by atoms with Crippen LogP contribution in [0.15, 0.2) is 72.1 Å². The quantitative estimate of drug-likeness (QED) is 0.436. The molecule has 1 N–H and O–H groups in total. The summed E-state index contributed by atoms with van der Waals surface area (Å²) in [6.07, 6.45) is 0. The van der Waals surface area contributed by atoms with E-state index >= 15 is 0 Å². The molecule has 28 heavy (non-hydrogen) atoms. The molecule has 0 aliphatic carbocycles. The first-order valence-electron chi connectivity index (χ1n) is 8.78. The second kappa shape index (κ2) is 8.37. The number of anilines is 1. The van der Waals surface area contributed by atoms with E-state index in [1.54, 1.807) is 11.3 Å². The van der Waals surface area contributed by atoms with Crippen LogP contribution in [0.2, 0.25) is 0 Å². The van der Waals surface area contributed by atoms with Crippen LogP contribution in [0.3, 0.4) is 0 Å². The summed E-state index contributed by atoms with van der Waals surface area (Å²) in [5, 5.41) is 5.32. The highest BCUT2D eigenvalue weighted by molar-refractivity contribution is 7.19. The third kappa shape index (κ3) is 4.47. The van der Waals surface area contributed by atoms with E-state index < -0.39 is 0 Å². The van der Waals surface area contributed by atoms with Crippen molar-refractivity contribution in [3.8, 4) is 26.8 Å². The topological polar surface area (TPSA) is 51.2 Å². The number of carbonyl (C=O) groups is 1. The molecule has 0 saturated carbocycles. The van der Waals surface area contributed by atoms with E-state index in [0.29, 0.717) is 10.9 Å². The summed E-state index contributed by atoms with van der Waals surface area (Å²) >= 11 is 3.10. The fourth-order valence-electron chi connectivity index (χ4n) is 2.61. The SMILES string of the molecule is Cc1ccc(-c2ccc(-c3csc(NC(=O)COc4ccccc4)n3)s2)cc1. The van der Waals surface area contributed by atoms with Gasteiger partial charge in [0.25, 0.3) is 5.91 Å². The van der Waals surface area contributed by atoms with Crippen LogP contribution in [0.1, 0.15) is 5.56 Å². The largest absolute Gasteiger partial charge is 0.484 e. The van der Waals surface area contributed by atoms with Crippen LogP contribution in [0.4, 0.5) is 5.13 Å². The lowest BCUT2D eigenvalue weighted by Crippen LogP contribution is -2.19. The lowest BCUT2D eigenvalue weighted by Gasteiger charge is -2.05. The molecule has 6 heteroatoms. The van der Waals surface area contributed by atoms with Gasteiger partial charge in [-0.15, -0.1) is 22.7 Å². The molecular weight excluding hydrogens is 388 g/mol. The Balaban J connectivity index is 1.39.